The number of carbonyl (C=O) groups is 3. The molecular weight excluding hydrogens is 1130 g/mol. The highest BCUT2D eigenvalue weighted by Crippen LogP contribution is 2.49. The second-order valence-corrected chi connectivity index (χ2v) is 27.8. The Morgan fingerprint density at radius 3 is 1.08 bits per heavy atom. The molecule has 6 aromatic rings. The summed E-state index contributed by atoms with van der Waals surface area (Å²) in [4.78, 5) is 44.0. The number of nitrogens with zero attached hydrogens (tertiary/aromatic N) is 6. The minimum Gasteiger partial charge on any atom is -0.388 e. The van der Waals surface area contributed by atoms with Crippen LogP contribution in [0.4, 0.5) is 0 Å². The smallest absolute Gasteiger partial charge is 0.239 e. The Hall–Kier alpha value is -4.89. The second-order valence-electron chi connectivity index (χ2n) is 26.4. The zero-order valence-electron chi connectivity index (χ0n) is 49.6. The maximum Gasteiger partial charge on any atom is 0.239 e. The lowest BCUT2D eigenvalue weighted by molar-refractivity contribution is -0.138. The molecule has 0 radical (unpaired) electrons. The number of aliphatic hydroxyl groups excluding tert-OH is 3. The van der Waals surface area contributed by atoms with Crippen LogP contribution in [-0.4, -0.2) is 156 Å². The monoisotopic (exact) mass is 1210 g/mol. The molecule has 0 saturated carbocycles. The van der Waals surface area contributed by atoms with Crippen molar-refractivity contribution >= 4 is 85.2 Å². The molecule has 0 spiro atoms. The fraction of sp³-hybridized carbons (Fsp3) is 0.619. The van der Waals surface area contributed by atoms with Gasteiger partial charge in [-0.15, -0.1) is 0 Å². The van der Waals surface area contributed by atoms with E-state index in [2.05, 4.69) is 88.1 Å². The highest BCUT2D eigenvalue weighted by atomic mass is 35.5. The average molecular weight is 1210 g/mol. The number of likely N-dealkylation sites (tertiary alicyclic amines) is 3. The largest absolute Gasteiger partial charge is 0.388 e. The van der Waals surface area contributed by atoms with E-state index in [1.165, 1.54) is 0 Å². The minimum absolute atomic E-state index is 0.00438. The highest BCUT2D eigenvalue weighted by molar-refractivity contribution is 6.32. The number of carbonyl (C=O) groups excluding carboxylic acids is 3. The van der Waals surface area contributed by atoms with Crippen molar-refractivity contribution in [2.45, 2.75) is 143 Å². The van der Waals surface area contributed by atoms with Gasteiger partial charge in [0.1, 0.15) is 0 Å². The van der Waals surface area contributed by atoms with Gasteiger partial charge in [-0.3, -0.25) is 29.7 Å². The van der Waals surface area contributed by atoms with Crippen molar-refractivity contribution in [3.05, 3.63) is 86.7 Å². The molecule has 456 valence electrons. The van der Waals surface area contributed by atoms with Crippen molar-refractivity contribution in [3.63, 3.8) is 0 Å². The molecule has 6 aliphatic heterocycles. The van der Waals surface area contributed by atoms with Crippen molar-refractivity contribution in [2.75, 3.05) is 65.4 Å². The van der Waals surface area contributed by atoms with Crippen molar-refractivity contribution in [1.82, 2.24) is 61.2 Å². The fourth-order valence-electron chi connectivity index (χ4n) is 14.5. The standard InChI is InChI=1S/3C21H29ClN4O2/c1-21(2,19(27)17-10-16(22)9-14-12-24-25-18(14)17)15-4-7-26(8-5-15)20(28)13-3-6-23-11-13;2*1-21(2,19(27)16-11-15(22)10-13-12-24-25-18(13)16)14-5-8-26(9-6-14)20(28)17-4-3-7-23-17/h9-10,12-13,15,19,23,27H,3-8,11H2,1-2H3,(H,24,25);2*10-12,14,17,19,23,27H,3-9H2,1-2H3,(H,24,25)/t13-,19-;17-,19+;17-,19-/m101/s1. The molecule has 12 rings (SSSR count). The van der Waals surface area contributed by atoms with Crippen molar-refractivity contribution < 1.29 is 29.7 Å². The first-order valence-corrected chi connectivity index (χ1v) is 31.7. The number of hydrogen-bond acceptors (Lipinski definition) is 12. The normalized spacial score (nSPS) is 22.7. The van der Waals surface area contributed by atoms with Crippen molar-refractivity contribution in [1.29, 1.82) is 0 Å². The van der Waals surface area contributed by atoms with Gasteiger partial charge in [0.2, 0.25) is 17.7 Å². The molecule has 21 heteroatoms. The van der Waals surface area contributed by atoms with Crippen LogP contribution in [0.5, 0.6) is 0 Å². The van der Waals surface area contributed by atoms with Crippen LogP contribution in [0.1, 0.15) is 147 Å². The van der Waals surface area contributed by atoms with E-state index in [1.807, 2.05) is 51.1 Å². The Morgan fingerprint density at radius 1 is 0.476 bits per heavy atom. The first kappa shape index (κ1) is 62.2. The van der Waals surface area contributed by atoms with Crippen LogP contribution < -0.4 is 16.0 Å². The van der Waals surface area contributed by atoms with E-state index in [0.29, 0.717) is 32.8 Å². The van der Waals surface area contributed by atoms with E-state index in [1.54, 1.807) is 18.6 Å². The van der Waals surface area contributed by atoms with Crippen LogP contribution in [0.2, 0.25) is 15.1 Å². The maximum absolute atomic E-state index is 12.7. The molecule has 0 unspecified atom stereocenters. The zero-order valence-corrected chi connectivity index (χ0v) is 51.9. The summed E-state index contributed by atoms with van der Waals surface area (Å²) in [5.74, 6) is 1.86. The molecule has 9 N–H and O–H groups in total. The number of fused-ring (bicyclic) bond motifs is 3. The number of aliphatic hydroxyl groups is 3. The van der Waals surface area contributed by atoms with Gasteiger partial charge in [0, 0.05) is 93.7 Å². The summed E-state index contributed by atoms with van der Waals surface area (Å²) in [7, 11) is 0. The molecule has 6 atom stereocenters. The van der Waals surface area contributed by atoms with E-state index in [9.17, 15) is 29.7 Å². The Bertz CT molecular complexity index is 2890. The maximum atomic E-state index is 12.7. The quantitative estimate of drug-likeness (QED) is 0.0556. The van der Waals surface area contributed by atoms with Crippen LogP contribution in [0.25, 0.3) is 32.7 Å². The SMILES string of the molecule is CC(C)(C1CCN(C(=O)[C@@H]2CCCN2)CC1)[C@H](O)c1cc(Cl)cc2cn[nH]c12.CC(C)(C1CCN(C(=O)[C@@H]2CCNC2)CC1)[C@H](O)c1cc(Cl)cc2cn[nH]c12.CC(C)(C1CCN(C(=O)[C@H]2CCCN2)CC1)[C@H](O)c1cc(Cl)cc2cn[nH]c12. The predicted molar refractivity (Wildman–Crippen MR) is 330 cm³/mol. The van der Waals surface area contributed by atoms with Gasteiger partial charge in [0.15, 0.2) is 0 Å². The Morgan fingerprint density at radius 2 is 0.798 bits per heavy atom. The molecular formula is C63H87Cl3N12O6. The summed E-state index contributed by atoms with van der Waals surface area (Å²) in [6.07, 6.45) is 13.6. The van der Waals surface area contributed by atoms with E-state index in [-0.39, 0.29) is 52.0 Å². The van der Waals surface area contributed by atoms with Crippen LogP contribution in [0.3, 0.4) is 0 Å². The molecule has 9 heterocycles. The Balaban J connectivity index is 0.000000140. The molecule has 6 aliphatic rings. The van der Waals surface area contributed by atoms with Gasteiger partial charge in [0.25, 0.3) is 0 Å². The number of piperidine rings is 3. The van der Waals surface area contributed by atoms with Gasteiger partial charge in [-0.25, -0.2) is 0 Å². The molecule has 6 saturated heterocycles. The van der Waals surface area contributed by atoms with Gasteiger partial charge in [-0.2, -0.15) is 15.3 Å². The van der Waals surface area contributed by atoms with Gasteiger partial charge in [-0.1, -0.05) is 76.3 Å². The summed E-state index contributed by atoms with van der Waals surface area (Å²) in [6.45, 7) is 20.9. The summed E-state index contributed by atoms with van der Waals surface area (Å²) in [6, 6.07) is 11.0. The molecule has 3 aromatic heterocycles. The van der Waals surface area contributed by atoms with Crippen molar-refractivity contribution in [3.8, 4) is 0 Å². The molecule has 3 amide bonds. The summed E-state index contributed by atoms with van der Waals surface area (Å²) < 4.78 is 0. The molecule has 0 aliphatic carbocycles. The van der Waals surface area contributed by atoms with E-state index >= 15 is 0 Å². The number of nitrogens with one attached hydrogen (secondary N) is 6. The molecule has 3 aromatic carbocycles. The zero-order chi connectivity index (χ0) is 59.7. The van der Waals surface area contributed by atoms with Crippen LogP contribution >= 0.6 is 34.8 Å². The van der Waals surface area contributed by atoms with Gasteiger partial charge in [-0.05, 0) is 161 Å². The van der Waals surface area contributed by atoms with Crippen LogP contribution in [-0.2, 0) is 14.4 Å². The minimum atomic E-state index is -0.669. The first-order valence-electron chi connectivity index (χ1n) is 30.6. The van der Waals surface area contributed by atoms with Gasteiger partial charge in [0.05, 0.1) is 71.5 Å². The van der Waals surface area contributed by atoms with E-state index in [4.69, 9.17) is 34.8 Å². The number of halogens is 3. The van der Waals surface area contributed by atoms with Crippen molar-refractivity contribution in [2.24, 2.45) is 39.9 Å². The van der Waals surface area contributed by atoms with E-state index in [0.717, 1.165) is 185 Å². The number of benzene rings is 3. The van der Waals surface area contributed by atoms with Crippen LogP contribution in [0.15, 0.2) is 55.0 Å². The number of hydrogen-bond donors (Lipinski definition) is 9. The molecule has 18 nitrogen and oxygen atoms in total. The summed E-state index contributed by atoms with van der Waals surface area (Å²) in [5.41, 5.74) is 3.86. The highest BCUT2D eigenvalue weighted by Gasteiger charge is 2.44. The fourth-order valence-corrected chi connectivity index (χ4v) is 15.3. The summed E-state index contributed by atoms with van der Waals surface area (Å²) >= 11 is 18.8. The molecule has 6 fully saturated rings. The number of amides is 3. The third-order valence-corrected chi connectivity index (χ3v) is 21.0. The number of H-pyrrole nitrogens is 3. The lowest BCUT2D eigenvalue weighted by Crippen LogP contribution is -2.49. The van der Waals surface area contributed by atoms with E-state index < -0.39 is 18.3 Å². The lowest BCUT2D eigenvalue weighted by atomic mass is 9.68. The molecule has 84 heavy (non-hydrogen) atoms. The second kappa shape index (κ2) is 26.2. The summed E-state index contributed by atoms with van der Waals surface area (Å²) in [5, 5.41) is 69.6. The third-order valence-electron chi connectivity index (χ3n) is 20.3. The number of aromatic nitrogens is 6. The average Bonchev–Trinajstić information content (AvgIpc) is 3.97. The van der Waals surface area contributed by atoms with Crippen LogP contribution in [0, 0.1) is 39.9 Å². The number of aromatic amines is 3. The van der Waals surface area contributed by atoms with Gasteiger partial charge >= 0.3 is 0 Å². The lowest BCUT2D eigenvalue weighted by Gasteiger charge is -2.43. The predicted octanol–water partition coefficient (Wildman–Crippen LogP) is 9.66. The Labute approximate surface area is 508 Å². The van der Waals surface area contributed by atoms with Gasteiger partial charge < -0.3 is 46.0 Å². The third kappa shape index (κ3) is 13.2. The topological polar surface area (TPSA) is 244 Å². The first-order chi connectivity index (χ1) is 40.1. The molecule has 0 bridgehead atoms. The number of rotatable bonds is 12. The Kier molecular flexibility index (Phi) is 19.4.